The summed E-state index contributed by atoms with van der Waals surface area (Å²) in [5, 5.41) is 0.315. The van der Waals surface area contributed by atoms with Crippen molar-refractivity contribution >= 4 is 13.5 Å². The lowest BCUT2D eigenvalue weighted by atomic mass is 9.96. The van der Waals surface area contributed by atoms with E-state index in [-0.39, 0.29) is 0 Å². The zero-order valence-corrected chi connectivity index (χ0v) is 10.5. The molecule has 0 aliphatic heterocycles. The van der Waals surface area contributed by atoms with Gasteiger partial charge in [-0.1, -0.05) is 26.1 Å². The van der Waals surface area contributed by atoms with Gasteiger partial charge in [0.2, 0.25) is 0 Å². The topological polar surface area (TPSA) is 17.1 Å². The Hall–Kier alpha value is -0.593. The zero-order valence-electron chi connectivity index (χ0n) is 9.52. The maximum Gasteiger partial charge on any atom is 0.140 e. The first-order valence-electron chi connectivity index (χ1n) is 5.49. The second kappa shape index (κ2) is 4.76. The third-order valence-electron chi connectivity index (χ3n) is 2.60. The second-order valence-corrected chi connectivity index (χ2v) is 10.1. The maximum absolute atomic E-state index is 11.6. The molecule has 0 amide bonds. The first-order valence-corrected chi connectivity index (χ1v) is 8.99. The van der Waals surface area contributed by atoms with E-state index in [0.29, 0.717) is 5.41 Å². The van der Waals surface area contributed by atoms with Gasteiger partial charge in [-0.05, 0) is 31.3 Å². The molecule has 78 valence electrons. The van der Waals surface area contributed by atoms with Gasteiger partial charge in [0, 0.05) is 6.08 Å². The van der Waals surface area contributed by atoms with Crippen molar-refractivity contribution in [3.8, 4) is 0 Å². The molecule has 0 unspecified atom stereocenters. The fourth-order valence-electron chi connectivity index (χ4n) is 1.51. The number of carbonyl (C=O) groups excluding carboxylic acids is 1. The number of hydrogen-bond donors (Lipinski definition) is 0. The van der Waals surface area contributed by atoms with Crippen molar-refractivity contribution in [1.82, 2.24) is 0 Å². The van der Waals surface area contributed by atoms with Crippen molar-refractivity contribution < 1.29 is 4.79 Å². The first-order chi connectivity index (χ1) is 6.50. The van der Waals surface area contributed by atoms with Crippen LogP contribution in [-0.4, -0.2) is 13.5 Å². The van der Waals surface area contributed by atoms with Crippen molar-refractivity contribution in [3.05, 3.63) is 17.4 Å². The van der Waals surface area contributed by atoms with Crippen LogP contribution in [0, 0.1) is 0 Å². The molecule has 0 heterocycles. The normalized spacial score (nSPS) is 17.5. The molecule has 0 spiro atoms. The molecule has 1 rings (SSSR count). The van der Waals surface area contributed by atoms with Crippen LogP contribution in [0.5, 0.6) is 0 Å². The quantitative estimate of drug-likeness (QED) is 0.386. The van der Waals surface area contributed by atoms with E-state index >= 15 is 0 Å². The molecule has 1 aliphatic carbocycles. The monoisotopic (exact) mass is 208 g/mol. The highest BCUT2D eigenvalue weighted by Crippen LogP contribution is 2.21. The van der Waals surface area contributed by atoms with Gasteiger partial charge in [-0.2, -0.15) is 0 Å². The smallest absolute Gasteiger partial charge is 0.140 e. The van der Waals surface area contributed by atoms with E-state index in [1.54, 1.807) is 6.08 Å². The second-order valence-electron chi connectivity index (χ2n) is 5.07. The molecule has 0 aromatic carbocycles. The number of rotatable bonds is 2. The minimum atomic E-state index is -1.62. The minimum Gasteiger partial charge on any atom is -0.300 e. The summed E-state index contributed by atoms with van der Waals surface area (Å²) in [6, 6.07) is 0. The molecule has 14 heavy (non-hydrogen) atoms. The fourth-order valence-corrected chi connectivity index (χ4v) is 2.01. The average molecular weight is 208 g/mol. The lowest BCUT2D eigenvalue weighted by Gasteiger charge is -2.11. The molecule has 0 N–H and O–H groups in total. The van der Waals surface area contributed by atoms with E-state index in [4.69, 9.17) is 0 Å². The lowest BCUT2D eigenvalue weighted by Crippen LogP contribution is -2.31. The van der Waals surface area contributed by atoms with Crippen LogP contribution >= 0.6 is 0 Å². The summed E-state index contributed by atoms with van der Waals surface area (Å²) in [5.74, 6) is 0. The van der Waals surface area contributed by atoms with E-state index in [1.165, 1.54) is 24.8 Å². The highest BCUT2D eigenvalue weighted by atomic mass is 28.3. The Kier molecular flexibility index (Phi) is 3.91. The van der Waals surface area contributed by atoms with E-state index in [2.05, 4.69) is 25.4 Å². The molecule has 0 radical (unpaired) electrons. The van der Waals surface area contributed by atoms with Gasteiger partial charge in [0.15, 0.2) is 0 Å². The summed E-state index contributed by atoms with van der Waals surface area (Å²) < 4.78 is 0. The highest BCUT2D eigenvalue weighted by molar-refractivity contribution is 7.04. The molecule has 0 atom stereocenters. The zero-order chi connectivity index (χ0) is 10.6. The Morgan fingerprint density at radius 1 is 1.21 bits per heavy atom. The summed E-state index contributed by atoms with van der Waals surface area (Å²) in [6.07, 6.45) is 7.89. The van der Waals surface area contributed by atoms with Crippen LogP contribution in [0.2, 0.25) is 19.6 Å². The number of carbonyl (C=O) groups is 1. The van der Waals surface area contributed by atoms with Crippen molar-refractivity contribution in [1.29, 1.82) is 0 Å². The van der Waals surface area contributed by atoms with Crippen molar-refractivity contribution in [2.45, 2.75) is 51.7 Å². The van der Waals surface area contributed by atoms with Crippen LogP contribution in [0.4, 0.5) is 0 Å². The Morgan fingerprint density at radius 2 is 1.79 bits per heavy atom. The molecule has 0 aromatic heterocycles. The molecule has 1 fully saturated rings. The molecule has 2 heteroatoms. The third kappa shape index (κ3) is 3.65. The van der Waals surface area contributed by atoms with E-state index < -0.39 is 8.07 Å². The summed E-state index contributed by atoms with van der Waals surface area (Å²) in [6.45, 7) is 6.25. The van der Waals surface area contributed by atoms with Crippen LogP contribution in [-0.2, 0) is 4.79 Å². The Morgan fingerprint density at radius 3 is 2.29 bits per heavy atom. The van der Waals surface area contributed by atoms with Crippen molar-refractivity contribution in [2.75, 3.05) is 0 Å². The molecule has 0 saturated heterocycles. The molecule has 1 nitrogen and oxygen atoms in total. The number of allylic oxidation sites excluding steroid dienone is 1. The van der Waals surface area contributed by atoms with E-state index in [1.807, 2.05) is 0 Å². The number of hydrogen-bond acceptors (Lipinski definition) is 1. The minimum absolute atomic E-state index is 0.315. The first kappa shape index (κ1) is 11.5. The van der Waals surface area contributed by atoms with Gasteiger partial charge in [0.1, 0.15) is 13.5 Å². The van der Waals surface area contributed by atoms with Crippen LogP contribution in [0.3, 0.4) is 0 Å². The van der Waals surface area contributed by atoms with Crippen LogP contribution < -0.4 is 0 Å². The third-order valence-corrected chi connectivity index (χ3v) is 4.23. The van der Waals surface area contributed by atoms with Crippen molar-refractivity contribution in [3.63, 3.8) is 0 Å². The van der Waals surface area contributed by atoms with Crippen LogP contribution in [0.25, 0.3) is 0 Å². The van der Waals surface area contributed by atoms with Gasteiger partial charge in [0.25, 0.3) is 0 Å². The van der Waals surface area contributed by atoms with Crippen molar-refractivity contribution in [2.24, 2.45) is 0 Å². The summed E-state index contributed by atoms with van der Waals surface area (Å²) in [4.78, 5) is 11.6. The van der Waals surface area contributed by atoms with Crippen LogP contribution in [0.15, 0.2) is 17.4 Å². The SMILES string of the molecule is C[Si](C)(C)C(=O)C=C=C1CCCCC1. The Labute approximate surface area is 87.9 Å². The predicted molar refractivity (Wildman–Crippen MR) is 63.0 cm³/mol. The standard InChI is InChI=1S/C12H20OSi/c1-14(2,3)12(13)10-9-11-7-5-4-6-8-11/h10H,4-8H2,1-3H3. The molecule has 1 aliphatic rings. The van der Waals surface area contributed by atoms with E-state index in [0.717, 1.165) is 12.8 Å². The maximum atomic E-state index is 11.6. The molecular formula is C12H20OSi. The predicted octanol–water partition coefficient (Wildman–Crippen LogP) is 3.48. The van der Waals surface area contributed by atoms with Gasteiger partial charge < -0.3 is 4.79 Å². The summed E-state index contributed by atoms with van der Waals surface area (Å²) in [7, 11) is -1.62. The van der Waals surface area contributed by atoms with Gasteiger partial charge in [-0.3, -0.25) is 0 Å². The Bertz CT molecular complexity index is 269. The Balaban J connectivity index is 2.65. The molecule has 1 saturated carbocycles. The van der Waals surface area contributed by atoms with Crippen LogP contribution in [0.1, 0.15) is 32.1 Å². The molecule has 0 aromatic rings. The average Bonchev–Trinajstić information content (AvgIpc) is 2.14. The van der Waals surface area contributed by atoms with E-state index in [9.17, 15) is 4.79 Å². The summed E-state index contributed by atoms with van der Waals surface area (Å²) >= 11 is 0. The summed E-state index contributed by atoms with van der Waals surface area (Å²) in [5.41, 5.74) is 4.55. The van der Waals surface area contributed by atoms with Gasteiger partial charge >= 0.3 is 0 Å². The fraction of sp³-hybridized carbons (Fsp3) is 0.667. The molecule has 0 bridgehead atoms. The van der Waals surface area contributed by atoms with Gasteiger partial charge in [-0.25, -0.2) is 0 Å². The lowest BCUT2D eigenvalue weighted by molar-refractivity contribution is -0.108. The van der Waals surface area contributed by atoms with Gasteiger partial charge in [0.05, 0.1) is 0 Å². The van der Waals surface area contributed by atoms with Gasteiger partial charge in [-0.15, -0.1) is 5.73 Å². The largest absolute Gasteiger partial charge is 0.300 e. The highest BCUT2D eigenvalue weighted by Gasteiger charge is 2.21. The molecular weight excluding hydrogens is 188 g/mol.